The Morgan fingerprint density at radius 3 is 2.08 bits per heavy atom. The van der Waals surface area contributed by atoms with Crippen LogP contribution in [0.4, 0.5) is 0 Å². The van der Waals surface area contributed by atoms with E-state index in [1.807, 2.05) is 6.08 Å². The highest BCUT2D eigenvalue weighted by Crippen LogP contribution is 2.12. The van der Waals surface area contributed by atoms with Crippen LogP contribution in [0.5, 0.6) is 0 Å². The molecule has 0 aliphatic rings. The summed E-state index contributed by atoms with van der Waals surface area (Å²) in [5.74, 6) is 0. The smallest absolute Gasteiger partial charge is 0.0648 e. The molecule has 0 fully saturated rings. The van der Waals surface area contributed by atoms with Crippen molar-refractivity contribution in [3.05, 3.63) is 12.7 Å². The largest absolute Gasteiger partial charge is 0.374 e. The lowest BCUT2D eigenvalue weighted by molar-refractivity contribution is 0.0582. The van der Waals surface area contributed by atoms with Crippen LogP contribution in [-0.2, 0) is 4.74 Å². The van der Waals surface area contributed by atoms with Crippen molar-refractivity contribution in [2.75, 3.05) is 6.61 Å². The Morgan fingerprint density at radius 1 is 1.15 bits per heavy atom. The van der Waals surface area contributed by atoms with Gasteiger partial charge in [-0.15, -0.1) is 6.58 Å². The van der Waals surface area contributed by atoms with Crippen LogP contribution in [0.1, 0.15) is 52.4 Å². The van der Waals surface area contributed by atoms with E-state index >= 15 is 0 Å². The fraction of sp³-hybridized carbons (Fsp3) is 0.833. The van der Waals surface area contributed by atoms with E-state index < -0.39 is 0 Å². The zero-order valence-electron chi connectivity index (χ0n) is 9.22. The summed E-state index contributed by atoms with van der Waals surface area (Å²) in [6.45, 7) is 8.83. The number of ether oxygens (including phenoxy) is 1. The van der Waals surface area contributed by atoms with Crippen LogP contribution < -0.4 is 0 Å². The zero-order valence-corrected chi connectivity index (χ0v) is 9.22. The van der Waals surface area contributed by atoms with Crippen molar-refractivity contribution in [3.63, 3.8) is 0 Å². The van der Waals surface area contributed by atoms with E-state index in [9.17, 15) is 0 Å². The minimum absolute atomic E-state index is 0.470. The summed E-state index contributed by atoms with van der Waals surface area (Å²) in [5.41, 5.74) is 0. The molecule has 0 saturated carbocycles. The molecule has 0 aromatic rings. The standard InChI is InChI=1S/C12H24O/c1-4-7-9-12(10-8-5-2)13-11-6-3/h6,12H,3-5,7-11H2,1-2H3. The van der Waals surface area contributed by atoms with Crippen molar-refractivity contribution < 1.29 is 4.74 Å². The van der Waals surface area contributed by atoms with Crippen LogP contribution in [0.25, 0.3) is 0 Å². The minimum atomic E-state index is 0.470. The van der Waals surface area contributed by atoms with Crippen LogP contribution in [0.2, 0.25) is 0 Å². The highest BCUT2D eigenvalue weighted by atomic mass is 16.5. The lowest BCUT2D eigenvalue weighted by Crippen LogP contribution is -2.12. The van der Waals surface area contributed by atoms with Gasteiger partial charge in [0.15, 0.2) is 0 Å². The van der Waals surface area contributed by atoms with Gasteiger partial charge < -0.3 is 4.74 Å². The summed E-state index contributed by atoms with van der Waals surface area (Å²) in [7, 11) is 0. The second-order valence-electron chi connectivity index (χ2n) is 3.53. The van der Waals surface area contributed by atoms with E-state index in [1.165, 1.54) is 38.5 Å². The lowest BCUT2D eigenvalue weighted by Gasteiger charge is -2.16. The molecule has 0 heterocycles. The van der Waals surface area contributed by atoms with Crippen molar-refractivity contribution in [2.45, 2.75) is 58.5 Å². The van der Waals surface area contributed by atoms with Gasteiger partial charge in [-0.05, 0) is 12.8 Å². The van der Waals surface area contributed by atoms with Gasteiger partial charge in [0.2, 0.25) is 0 Å². The van der Waals surface area contributed by atoms with E-state index in [4.69, 9.17) is 4.74 Å². The van der Waals surface area contributed by atoms with Crippen LogP contribution in [0, 0.1) is 0 Å². The minimum Gasteiger partial charge on any atom is -0.374 e. The van der Waals surface area contributed by atoms with Gasteiger partial charge in [-0.25, -0.2) is 0 Å². The van der Waals surface area contributed by atoms with Crippen LogP contribution in [0.15, 0.2) is 12.7 Å². The molecule has 0 aromatic carbocycles. The number of rotatable bonds is 9. The maximum atomic E-state index is 5.68. The Bertz CT molecular complexity index is 102. The summed E-state index contributed by atoms with van der Waals surface area (Å²) in [5, 5.41) is 0. The molecule has 78 valence electrons. The monoisotopic (exact) mass is 184 g/mol. The third kappa shape index (κ3) is 8.04. The van der Waals surface area contributed by atoms with Gasteiger partial charge in [0.25, 0.3) is 0 Å². The lowest BCUT2D eigenvalue weighted by atomic mass is 10.1. The van der Waals surface area contributed by atoms with Crippen LogP contribution >= 0.6 is 0 Å². The highest BCUT2D eigenvalue weighted by molar-refractivity contribution is 4.67. The van der Waals surface area contributed by atoms with Crippen molar-refractivity contribution in [3.8, 4) is 0 Å². The van der Waals surface area contributed by atoms with Gasteiger partial charge >= 0.3 is 0 Å². The third-order valence-corrected chi connectivity index (χ3v) is 2.21. The molecule has 0 bridgehead atoms. The predicted octanol–water partition coefficient (Wildman–Crippen LogP) is 3.94. The summed E-state index contributed by atoms with van der Waals surface area (Å²) in [6.07, 6.45) is 9.83. The molecule has 0 amide bonds. The predicted molar refractivity (Wildman–Crippen MR) is 59.0 cm³/mol. The third-order valence-electron chi connectivity index (χ3n) is 2.21. The Morgan fingerprint density at radius 2 is 1.69 bits per heavy atom. The van der Waals surface area contributed by atoms with Gasteiger partial charge in [0.1, 0.15) is 0 Å². The first-order chi connectivity index (χ1) is 6.35. The highest BCUT2D eigenvalue weighted by Gasteiger charge is 2.06. The fourth-order valence-corrected chi connectivity index (χ4v) is 1.38. The van der Waals surface area contributed by atoms with Gasteiger partial charge in [-0.1, -0.05) is 45.6 Å². The van der Waals surface area contributed by atoms with E-state index in [1.54, 1.807) is 0 Å². The molecule has 0 rings (SSSR count). The van der Waals surface area contributed by atoms with Crippen LogP contribution in [-0.4, -0.2) is 12.7 Å². The average molecular weight is 184 g/mol. The number of hydrogen-bond donors (Lipinski definition) is 0. The zero-order chi connectivity index (χ0) is 9.94. The average Bonchev–Trinajstić information content (AvgIpc) is 2.17. The second-order valence-corrected chi connectivity index (χ2v) is 3.53. The first kappa shape index (κ1) is 12.7. The van der Waals surface area contributed by atoms with Crippen LogP contribution in [0.3, 0.4) is 0 Å². The molecule has 1 heteroatoms. The first-order valence-electron chi connectivity index (χ1n) is 5.57. The van der Waals surface area contributed by atoms with Gasteiger partial charge in [0.05, 0.1) is 12.7 Å². The molecular weight excluding hydrogens is 160 g/mol. The molecule has 13 heavy (non-hydrogen) atoms. The quantitative estimate of drug-likeness (QED) is 0.493. The van der Waals surface area contributed by atoms with E-state index in [2.05, 4.69) is 20.4 Å². The van der Waals surface area contributed by atoms with E-state index in [0.717, 1.165) is 0 Å². The summed E-state index contributed by atoms with van der Waals surface area (Å²) >= 11 is 0. The topological polar surface area (TPSA) is 9.23 Å². The molecule has 0 aromatic heterocycles. The Balaban J connectivity index is 3.52. The summed E-state index contributed by atoms with van der Waals surface area (Å²) in [4.78, 5) is 0. The van der Waals surface area contributed by atoms with E-state index in [0.29, 0.717) is 12.7 Å². The van der Waals surface area contributed by atoms with Crippen molar-refractivity contribution in [1.29, 1.82) is 0 Å². The molecular formula is C12H24O. The van der Waals surface area contributed by atoms with E-state index in [-0.39, 0.29) is 0 Å². The number of unbranched alkanes of at least 4 members (excludes halogenated alkanes) is 2. The molecule has 0 radical (unpaired) electrons. The molecule has 0 aliphatic heterocycles. The summed E-state index contributed by atoms with van der Waals surface area (Å²) in [6, 6.07) is 0. The molecule has 1 nitrogen and oxygen atoms in total. The van der Waals surface area contributed by atoms with Gasteiger partial charge in [-0.2, -0.15) is 0 Å². The molecule has 0 N–H and O–H groups in total. The summed E-state index contributed by atoms with van der Waals surface area (Å²) < 4.78 is 5.68. The molecule has 0 saturated heterocycles. The Kier molecular flexibility index (Phi) is 9.56. The van der Waals surface area contributed by atoms with Crippen molar-refractivity contribution in [1.82, 2.24) is 0 Å². The van der Waals surface area contributed by atoms with Crippen molar-refractivity contribution >= 4 is 0 Å². The number of hydrogen-bond acceptors (Lipinski definition) is 1. The van der Waals surface area contributed by atoms with Gasteiger partial charge in [0, 0.05) is 0 Å². The Hall–Kier alpha value is -0.300. The normalized spacial score (nSPS) is 10.7. The SMILES string of the molecule is C=CCOC(CCCC)CCCC. The Labute approximate surface area is 83.2 Å². The van der Waals surface area contributed by atoms with Crippen molar-refractivity contribution in [2.24, 2.45) is 0 Å². The molecule has 0 aliphatic carbocycles. The first-order valence-corrected chi connectivity index (χ1v) is 5.57. The fourth-order valence-electron chi connectivity index (χ4n) is 1.38. The second kappa shape index (κ2) is 9.79. The molecule has 0 atom stereocenters. The molecule has 0 spiro atoms. The maximum absolute atomic E-state index is 5.68. The van der Waals surface area contributed by atoms with Gasteiger partial charge in [-0.3, -0.25) is 0 Å². The molecule has 0 unspecified atom stereocenters. The maximum Gasteiger partial charge on any atom is 0.0648 e.